The van der Waals surface area contributed by atoms with Crippen LogP contribution in [0.3, 0.4) is 0 Å². The lowest BCUT2D eigenvalue weighted by Crippen LogP contribution is -2.33. The summed E-state index contributed by atoms with van der Waals surface area (Å²) in [5.74, 6) is 0.342. The molecule has 0 aromatic heterocycles. The maximum absolute atomic E-state index is 11.7. The van der Waals surface area contributed by atoms with E-state index in [4.69, 9.17) is 4.74 Å². The van der Waals surface area contributed by atoms with Gasteiger partial charge >= 0.3 is 5.97 Å². The van der Waals surface area contributed by atoms with Gasteiger partial charge in [0.15, 0.2) is 0 Å². The maximum Gasteiger partial charge on any atom is 0.306 e. The average molecular weight is 298 g/mol. The smallest absolute Gasteiger partial charge is 0.306 e. The van der Waals surface area contributed by atoms with Crippen LogP contribution >= 0.6 is 0 Å². The number of piperidine rings is 1. The van der Waals surface area contributed by atoms with E-state index in [0.29, 0.717) is 12.5 Å². The van der Waals surface area contributed by atoms with Gasteiger partial charge in [-0.2, -0.15) is 0 Å². The number of rotatable bonds is 6. The summed E-state index contributed by atoms with van der Waals surface area (Å²) in [5, 5.41) is 2.90. The van der Waals surface area contributed by atoms with E-state index < -0.39 is 5.60 Å². The molecule has 0 aliphatic carbocycles. The number of carbonyl (C=O) groups excluding carboxylic acids is 2. The molecule has 1 heterocycles. The number of nitrogens with zero attached hydrogens (tertiary/aromatic N) is 1. The van der Waals surface area contributed by atoms with E-state index >= 15 is 0 Å². The minimum atomic E-state index is -0.484. The summed E-state index contributed by atoms with van der Waals surface area (Å²) in [7, 11) is 2.15. The molecule has 0 aromatic carbocycles. The van der Waals surface area contributed by atoms with Gasteiger partial charge < -0.3 is 15.0 Å². The second kappa shape index (κ2) is 8.37. The predicted molar refractivity (Wildman–Crippen MR) is 82.9 cm³/mol. The van der Waals surface area contributed by atoms with Crippen molar-refractivity contribution >= 4 is 11.9 Å². The zero-order valence-electron chi connectivity index (χ0n) is 13.9. The first-order valence-electron chi connectivity index (χ1n) is 7.93. The van der Waals surface area contributed by atoms with E-state index in [1.165, 1.54) is 12.8 Å². The van der Waals surface area contributed by atoms with Gasteiger partial charge in [0.1, 0.15) is 5.60 Å². The summed E-state index contributed by atoms with van der Waals surface area (Å²) in [5.41, 5.74) is -0.484. The van der Waals surface area contributed by atoms with Gasteiger partial charge in [0.05, 0.1) is 6.42 Å². The molecular weight excluding hydrogens is 268 g/mol. The van der Waals surface area contributed by atoms with Crippen LogP contribution in [-0.2, 0) is 14.3 Å². The number of amides is 1. The zero-order valence-corrected chi connectivity index (χ0v) is 13.9. The van der Waals surface area contributed by atoms with E-state index in [2.05, 4.69) is 17.3 Å². The first-order chi connectivity index (χ1) is 9.76. The SMILES string of the molecule is CN1CCC(CCNC(=O)CCC(=O)OC(C)(C)C)CC1. The molecule has 5 heteroatoms. The predicted octanol–water partition coefficient (Wildman–Crippen LogP) is 1.96. The highest BCUT2D eigenvalue weighted by Crippen LogP contribution is 2.18. The van der Waals surface area contributed by atoms with Crippen LogP contribution in [-0.4, -0.2) is 49.1 Å². The molecule has 0 aromatic rings. The lowest BCUT2D eigenvalue weighted by molar-refractivity contribution is -0.155. The van der Waals surface area contributed by atoms with E-state index in [-0.39, 0.29) is 24.7 Å². The molecule has 0 bridgehead atoms. The molecule has 21 heavy (non-hydrogen) atoms. The fourth-order valence-corrected chi connectivity index (χ4v) is 2.46. The van der Waals surface area contributed by atoms with Crippen molar-refractivity contribution in [3.63, 3.8) is 0 Å². The molecule has 1 fully saturated rings. The Labute approximate surface area is 128 Å². The zero-order chi connectivity index (χ0) is 15.9. The van der Waals surface area contributed by atoms with Gasteiger partial charge in [-0.05, 0) is 66.1 Å². The second-order valence-corrected chi connectivity index (χ2v) is 6.97. The summed E-state index contributed by atoms with van der Waals surface area (Å²) in [4.78, 5) is 25.5. The van der Waals surface area contributed by atoms with Crippen molar-refractivity contribution in [3.8, 4) is 0 Å². The van der Waals surface area contributed by atoms with Gasteiger partial charge in [-0.3, -0.25) is 9.59 Å². The van der Waals surface area contributed by atoms with E-state index in [1.54, 1.807) is 0 Å². The van der Waals surface area contributed by atoms with Crippen LogP contribution in [0.4, 0.5) is 0 Å². The Morgan fingerprint density at radius 3 is 2.38 bits per heavy atom. The number of carbonyl (C=O) groups is 2. The number of esters is 1. The van der Waals surface area contributed by atoms with Crippen molar-refractivity contribution in [2.45, 2.75) is 58.5 Å². The topological polar surface area (TPSA) is 58.6 Å². The van der Waals surface area contributed by atoms with Gasteiger partial charge in [-0.15, -0.1) is 0 Å². The molecule has 122 valence electrons. The largest absolute Gasteiger partial charge is 0.460 e. The summed E-state index contributed by atoms with van der Waals surface area (Å²) in [6.45, 7) is 8.49. The molecule has 1 aliphatic heterocycles. The van der Waals surface area contributed by atoms with Gasteiger partial charge in [0.25, 0.3) is 0 Å². The van der Waals surface area contributed by atoms with Gasteiger partial charge in [-0.25, -0.2) is 0 Å². The van der Waals surface area contributed by atoms with Crippen molar-refractivity contribution in [2.75, 3.05) is 26.7 Å². The van der Waals surface area contributed by atoms with Crippen molar-refractivity contribution < 1.29 is 14.3 Å². The number of ether oxygens (including phenoxy) is 1. The first-order valence-corrected chi connectivity index (χ1v) is 7.93. The minimum Gasteiger partial charge on any atom is -0.460 e. The fourth-order valence-electron chi connectivity index (χ4n) is 2.46. The third-order valence-corrected chi connectivity index (χ3v) is 3.69. The highest BCUT2D eigenvalue weighted by atomic mass is 16.6. The van der Waals surface area contributed by atoms with Crippen LogP contribution in [0.15, 0.2) is 0 Å². The van der Waals surface area contributed by atoms with Gasteiger partial charge in [0, 0.05) is 13.0 Å². The van der Waals surface area contributed by atoms with Crippen LogP contribution in [0.25, 0.3) is 0 Å². The van der Waals surface area contributed by atoms with Crippen LogP contribution < -0.4 is 5.32 Å². The van der Waals surface area contributed by atoms with Crippen LogP contribution in [0.2, 0.25) is 0 Å². The molecular formula is C16H30N2O3. The Kier molecular flexibility index (Phi) is 7.15. The Morgan fingerprint density at radius 2 is 1.81 bits per heavy atom. The Hall–Kier alpha value is -1.10. The summed E-state index contributed by atoms with van der Waals surface area (Å²) >= 11 is 0. The Bertz CT molecular complexity index is 342. The number of hydrogen-bond donors (Lipinski definition) is 1. The lowest BCUT2D eigenvalue weighted by atomic mass is 9.94. The average Bonchev–Trinajstić information content (AvgIpc) is 2.37. The summed E-state index contributed by atoms with van der Waals surface area (Å²) < 4.78 is 5.17. The second-order valence-electron chi connectivity index (χ2n) is 6.97. The first kappa shape index (κ1) is 18.0. The lowest BCUT2D eigenvalue weighted by Gasteiger charge is -2.28. The monoisotopic (exact) mass is 298 g/mol. The van der Waals surface area contributed by atoms with Crippen molar-refractivity contribution in [1.82, 2.24) is 10.2 Å². The highest BCUT2D eigenvalue weighted by molar-refractivity contribution is 5.81. The molecule has 1 saturated heterocycles. The quantitative estimate of drug-likeness (QED) is 0.762. The van der Waals surface area contributed by atoms with Crippen LogP contribution in [0, 0.1) is 5.92 Å². The van der Waals surface area contributed by atoms with Crippen molar-refractivity contribution in [2.24, 2.45) is 5.92 Å². The molecule has 1 aliphatic rings. The molecule has 1 N–H and O–H groups in total. The van der Waals surface area contributed by atoms with E-state index in [0.717, 1.165) is 19.5 Å². The number of nitrogens with one attached hydrogen (secondary N) is 1. The molecule has 5 nitrogen and oxygen atoms in total. The summed E-state index contributed by atoms with van der Waals surface area (Å²) in [6.07, 6.45) is 3.82. The maximum atomic E-state index is 11.7. The third kappa shape index (κ3) is 8.71. The number of hydrogen-bond acceptors (Lipinski definition) is 4. The molecule has 0 unspecified atom stereocenters. The molecule has 0 radical (unpaired) electrons. The van der Waals surface area contributed by atoms with E-state index in [1.807, 2.05) is 20.8 Å². The molecule has 1 rings (SSSR count). The highest BCUT2D eigenvalue weighted by Gasteiger charge is 2.18. The standard InChI is InChI=1S/C16H30N2O3/c1-16(2,3)21-15(20)6-5-14(19)17-10-7-13-8-11-18(4)12-9-13/h13H,5-12H2,1-4H3,(H,17,19). The Morgan fingerprint density at radius 1 is 1.19 bits per heavy atom. The van der Waals surface area contributed by atoms with Crippen LogP contribution in [0.1, 0.15) is 52.9 Å². The molecule has 0 saturated carbocycles. The fraction of sp³-hybridized carbons (Fsp3) is 0.875. The van der Waals surface area contributed by atoms with Crippen molar-refractivity contribution in [1.29, 1.82) is 0 Å². The number of likely N-dealkylation sites (tertiary alicyclic amines) is 1. The van der Waals surface area contributed by atoms with Crippen molar-refractivity contribution in [3.05, 3.63) is 0 Å². The third-order valence-electron chi connectivity index (χ3n) is 3.69. The molecule has 1 amide bonds. The molecule has 0 spiro atoms. The van der Waals surface area contributed by atoms with E-state index in [9.17, 15) is 9.59 Å². The summed E-state index contributed by atoms with van der Waals surface area (Å²) in [6, 6.07) is 0. The minimum absolute atomic E-state index is 0.0613. The van der Waals surface area contributed by atoms with Gasteiger partial charge in [0.2, 0.25) is 5.91 Å². The van der Waals surface area contributed by atoms with Gasteiger partial charge in [-0.1, -0.05) is 0 Å². The Balaban J connectivity index is 2.07. The molecule has 0 atom stereocenters. The van der Waals surface area contributed by atoms with Crippen LogP contribution in [0.5, 0.6) is 0 Å². The normalized spacial score (nSPS) is 17.5.